The Morgan fingerprint density at radius 2 is 1.73 bits per heavy atom. The van der Waals surface area contributed by atoms with Crippen LogP contribution in [0.4, 0.5) is 0 Å². The normalized spacial score (nSPS) is 33.5. The first-order chi connectivity index (χ1) is 10.3. The van der Waals surface area contributed by atoms with E-state index in [1.807, 2.05) is 0 Å². The zero-order chi connectivity index (χ0) is 17.0. The first-order valence-electron chi connectivity index (χ1n) is 9.30. The Kier molecular flexibility index (Phi) is 8.57. The second-order valence-corrected chi connectivity index (χ2v) is 12.3. The average molecular weight is 442 g/mol. The molecule has 1 aliphatic rings. The smallest absolute Gasteiger partial charge is 0.0731 e. The van der Waals surface area contributed by atoms with Crippen molar-refractivity contribution in [3.8, 4) is 0 Å². The predicted molar refractivity (Wildman–Crippen MR) is 112 cm³/mol. The monoisotopic (exact) mass is 442 g/mol. The van der Waals surface area contributed by atoms with E-state index in [9.17, 15) is 0 Å². The highest BCUT2D eigenvalue weighted by Crippen LogP contribution is 2.56. The van der Waals surface area contributed by atoms with Crippen molar-refractivity contribution in [3.63, 3.8) is 0 Å². The summed E-state index contributed by atoms with van der Waals surface area (Å²) in [5.41, 5.74) is 0.438. The lowest BCUT2D eigenvalue weighted by Crippen LogP contribution is -2.46. The van der Waals surface area contributed by atoms with Crippen LogP contribution in [0.3, 0.4) is 0 Å². The van der Waals surface area contributed by atoms with Gasteiger partial charge in [-0.1, -0.05) is 77.5 Å². The third-order valence-corrected chi connectivity index (χ3v) is 12.0. The minimum absolute atomic E-state index is 0.438. The van der Waals surface area contributed by atoms with E-state index < -0.39 is 10.3 Å². The van der Waals surface area contributed by atoms with Gasteiger partial charge in [0.15, 0.2) is 0 Å². The second kappa shape index (κ2) is 8.94. The Morgan fingerprint density at radius 1 is 1.18 bits per heavy atom. The molecule has 22 heavy (non-hydrogen) atoms. The van der Waals surface area contributed by atoms with Gasteiger partial charge in [-0.2, -0.15) is 0 Å². The summed E-state index contributed by atoms with van der Waals surface area (Å²) in [5, 5.41) is 0. The molecule has 4 unspecified atom stereocenters. The molecule has 0 aromatic rings. The van der Waals surface area contributed by atoms with Gasteiger partial charge in [-0.25, -0.2) is 0 Å². The predicted octanol–water partition coefficient (Wildman–Crippen LogP) is 6.68. The Bertz CT molecular complexity index is 323. The van der Waals surface area contributed by atoms with Crippen molar-refractivity contribution in [3.05, 3.63) is 0 Å². The molecule has 0 aromatic carbocycles. The van der Waals surface area contributed by atoms with Gasteiger partial charge in [0.25, 0.3) is 0 Å². The van der Waals surface area contributed by atoms with Gasteiger partial charge in [-0.15, -0.1) is 10.3 Å². The summed E-state index contributed by atoms with van der Waals surface area (Å²) in [6.45, 7) is 16.9. The maximum atomic E-state index is 6.88. The molecule has 1 nitrogen and oxygen atoms in total. The third-order valence-electron chi connectivity index (χ3n) is 6.85. The van der Waals surface area contributed by atoms with Crippen molar-refractivity contribution in [1.82, 2.24) is 0 Å². The minimum atomic E-state index is -0.846. The van der Waals surface area contributed by atoms with Gasteiger partial charge in [-0.05, 0) is 53.3 Å². The standard InChI is InChI=1S/C19H39IOS/c1-8-22(9-2,10-3)21-18-12-11-13-19(7,17(18)6)16(5)15(4)14-20/h15-18H,8-14H2,1-7H3/t15-,16?,17?,18?,19?/m1/s1. The summed E-state index contributed by atoms with van der Waals surface area (Å²) in [6.07, 6.45) is 4.48. The number of hydrogen-bond acceptors (Lipinski definition) is 1. The molecule has 0 aliphatic heterocycles. The number of rotatable bonds is 8. The van der Waals surface area contributed by atoms with E-state index in [4.69, 9.17) is 4.18 Å². The Morgan fingerprint density at radius 3 is 2.18 bits per heavy atom. The number of halogens is 1. The van der Waals surface area contributed by atoms with Crippen LogP contribution in [-0.2, 0) is 4.18 Å². The van der Waals surface area contributed by atoms with Crippen molar-refractivity contribution in [2.75, 3.05) is 21.7 Å². The number of hydrogen-bond donors (Lipinski definition) is 0. The summed E-state index contributed by atoms with van der Waals surface area (Å²) < 4.78 is 8.14. The molecule has 5 atom stereocenters. The van der Waals surface area contributed by atoms with Crippen molar-refractivity contribution >= 4 is 32.9 Å². The lowest BCUT2D eigenvalue weighted by Gasteiger charge is -2.52. The van der Waals surface area contributed by atoms with E-state index in [1.54, 1.807) is 0 Å². The van der Waals surface area contributed by atoms with Crippen LogP contribution in [0.25, 0.3) is 0 Å². The van der Waals surface area contributed by atoms with Crippen LogP contribution in [0.1, 0.15) is 67.7 Å². The van der Waals surface area contributed by atoms with Crippen LogP contribution in [0.15, 0.2) is 0 Å². The lowest BCUT2D eigenvalue weighted by molar-refractivity contribution is -0.0314. The molecule has 0 saturated heterocycles. The molecule has 0 heterocycles. The highest BCUT2D eigenvalue weighted by atomic mass is 127. The Hall–Kier alpha value is 1.04. The Balaban J connectivity index is 2.91. The van der Waals surface area contributed by atoms with E-state index in [0.717, 1.165) is 11.8 Å². The quantitative estimate of drug-likeness (QED) is 0.301. The van der Waals surface area contributed by atoms with E-state index in [1.165, 1.54) is 40.9 Å². The second-order valence-electron chi connectivity index (χ2n) is 7.57. The average Bonchev–Trinajstić information content (AvgIpc) is 2.55. The van der Waals surface area contributed by atoms with Crippen LogP contribution in [0.2, 0.25) is 0 Å². The first kappa shape index (κ1) is 21.1. The molecule has 1 aliphatic carbocycles. The Labute approximate surface area is 155 Å². The van der Waals surface area contributed by atoms with Gasteiger partial charge in [0.1, 0.15) is 0 Å². The van der Waals surface area contributed by atoms with Crippen molar-refractivity contribution in [2.24, 2.45) is 23.2 Å². The van der Waals surface area contributed by atoms with Crippen LogP contribution >= 0.6 is 32.9 Å². The molecule has 0 spiro atoms. The fraction of sp³-hybridized carbons (Fsp3) is 1.00. The minimum Gasteiger partial charge on any atom is -0.333 e. The fourth-order valence-electron chi connectivity index (χ4n) is 4.22. The summed E-state index contributed by atoms with van der Waals surface area (Å²) in [5.74, 6) is 5.92. The van der Waals surface area contributed by atoms with Crippen LogP contribution < -0.4 is 0 Å². The molecular weight excluding hydrogens is 403 g/mol. The fourth-order valence-corrected chi connectivity index (χ4v) is 7.41. The van der Waals surface area contributed by atoms with Crippen LogP contribution in [0, 0.1) is 23.2 Å². The lowest BCUT2D eigenvalue weighted by atomic mass is 9.58. The maximum absolute atomic E-state index is 6.88. The van der Waals surface area contributed by atoms with Gasteiger partial charge in [0.05, 0.1) is 6.10 Å². The maximum Gasteiger partial charge on any atom is 0.0731 e. The molecule has 0 N–H and O–H groups in total. The van der Waals surface area contributed by atoms with Crippen molar-refractivity contribution < 1.29 is 4.18 Å². The van der Waals surface area contributed by atoms with Gasteiger partial charge in [0.2, 0.25) is 0 Å². The summed E-state index contributed by atoms with van der Waals surface area (Å²) in [7, 11) is -0.846. The molecule has 134 valence electrons. The molecule has 0 radical (unpaired) electrons. The molecule has 0 bridgehead atoms. The van der Waals surface area contributed by atoms with Gasteiger partial charge < -0.3 is 4.18 Å². The molecule has 0 aromatic heterocycles. The topological polar surface area (TPSA) is 9.23 Å². The summed E-state index contributed by atoms with van der Waals surface area (Å²) >= 11 is 2.56. The highest BCUT2D eigenvalue weighted by Gasteiger charge is 2.46. The van der Waals surface area contributed by atoms with Crippen molar-refractivity contribution in [2.45, 2.75) is 73.8 Å². The number of alkyl halides is 1. The van der Waals surface area contributed by atoms with E-state index in [0.29, 0.717) is 17.4 Å². The van der Waals surface area contributed by atoms with E-state index in [2.05, 4.69) is 71.1 Å². The van der Waals surface area contributed by atoms with Gasteiger partial charge in [-0.3, -0.25) is 0 Å². The molecule has 1 rings (SSSR count). The summed E-state index contributed by atoms with van der Waals surface area (Å²) in [6, 6.07) is 0. The zero-order valence-corrected chi connectivity index (χ0v) is 18.9. The van der Waals surface area contributed by atoms with Gasteiger partial charge in [0, 0.05) is 4.43 Å². The molecule has 3 heteroatoms. The van der Waals surface area contributed by atoms with Crippen LogP contribution in [0.5, 0.6) is 0 Å². The van der Waals surface area contributed by atoms with E-state index >= 15 is 0 Å². The third kappa shape index (κ3) is 4.36. The largest absolute Gasteiger partial charge is 0.333 e. The highest BCUT2D eigenvalue weighted by molar-refractivity contribution is 14.1. The molecular formula is C19H39IOS. The van der Waals surface area contributed by atoms with Crippen molar-refractivity contribution in [1.29, 1.82) is 0 Å². The van der Waals surface area contributed by atoms with E-state index in [-0.39, 0.29) is 0 Å². The molecule has 0 amide bonds. The molecule has 1 saturated carbocycles. The SMILES string of the molecule is CCS(CC)(CC)OC1CCCC(C)(C(C)[C@H](C)CI)C1C. The molecule has 1 fully saturated rings. The van der Waals surface area contributed by atoms with Gasteiger partial charge >= 0.3 is 0 Å². The van der Waals surface area contributed by atoms with Crippen LogP contribution in [-0.4, -0.2) is 27.8 Å². The summed E-state index contributed by atoms with van der Waals surface area (Å²) in [4.78, 5) is 0. The zero-order valence-electron chi connectivity index (χ0n) is 16.0. The first-order valence-corrected chi connectivity index (χ1v) is 12.9.